The first kappa shape index (κ1) is 16.2. The zero-order valence-corrected chi connectivity index (χ0v) is 15.0. The second kappa shape index (κ2) is 6.93. The van der Waals surface area contributed by atoms with E-state index in [1.807, 2.05) is 10.6 Å². The van der Waals surface area contributed by atoms with Gasteiger partial charge in [-0.05, 0) is 54.4 Å². The number of carbonyl (C=O) groups excluding carboxylic acids is 1. The van der Waals surface area contributed by atoms with Gasteiger partial charge in [-0.3, -0.25) is 9.69 Å². The van der Waals surface area contributed by atoms with E-state index in [1.54, 1.807) is 30.8 Å². The standard InChI is InChI=1S/C18H21N5OS/c1-19-18(24)15-10-21-23-16(2-6-20-17(15)23)14-3-7-22(8-4-14)11-13-5-9-25-12-13/h2,5-6,9-10,12,14H,3-4,7-8,11H2,1H3,(H,19,24). The van der Waals surface area contributed by atoms with Gasteiger partial charge in [0, 0.05) is 31.4 Å². The zero-order valence-electron chi connectivity index (χ0n) is 14.2. The highest BCUT2D eigenvalue weighted by Crippen LogP contribution is 2.29. The van der Waals surface area contributed by atoms with E-state index in [1.165, 1.54) is 5.56 Å². The number of rotatable bonds is 4. The lowest BCUT2D eigenvalue weighted by Crippen LogP contribution is -2.33. The van der Waals surface area contributed by atoms with Crippen LogP contribution in [0.15, 0.2) is 35.3 Å². The Hall–Kier alpha value is -2.25. The Bertz CT molecular complexity index is 865. The van der Waals surface area contributed by atoms with Gasteiger partial charge in [0.1, 0.15) is 5.56 Å². The van der Waals surface area contributed by atoms with Crippen LogP contribution in [-0.4, -0.2) is 45.5 Å². The number of nitrogens with one attached hydrogen (secondary N) is 1. The molecule has 0 saturated carbocycles. The van der Waals surface area contributed by atoms with Crippen LogP contribution in [0.2, 0.25) is 0 Å². The van der Waals surface area contributed by atoms with E-state index >= 15 is 0 Å². The number of hydrogen-bond donors (Lipinski definition) is 1. The molecule has 7 heteroatoms. The van der Waals surface area contributed by atoms with E-state index in [4.69, 9.17) is 0 Å². The van der Waals surface area contributed by atoms with Gasteiger partial charge in [-0.15, -0.1) is 0 Å². The van der Waals surface area contributed by atoms with Crippen molar-refractivity contribution in [2.45, 2.75) is 25.3 Å². The van der Waals surface area contributed by atoms with E-state index in [9.17, 15) is 4.79 Å². The summed E-state index contributed by atoms with van der Waals surface area (Å²) in [5.41, 5.74) is 3.71. The van der Waals surface area contributed by atoms with Crippen LogP contribution in [0.5, 0.6) is 0 Å². The molecular weight excluding hydrogens is 334 g/mol. The Morgan fingerprint density at radius 1 is 1.36 bits per heavy atom. The summed E-state index contributed by atoms with van der Waals surface area (Å²) in [6.07, 6.45) is 5.59. The molecular formula is C18H21N5OS. The number of nitrogens with zero attached hydrogens (tertiary/aromatic N) is 4. The van der Waals surface area contributed by atoms with Crippen molar-refractivity contribution in [3.8, 4) is 0 Å². The molecule has 1 N–H and O–H groups in total. The summed E-state index contributed by atoms with van der Waals surface area (Å²) in [6.45, 7) is 3.19. The molecule has 0 aliphatic carbocycles. The van der Waals surface area contributed by atoms with Gasteiger partial charge in [-0.1, -0.05) is 0 Å². The average Bonchev–Trinajstić information content (AvgIpc) is 3.31. The fourth-order valence-electron chi connectivity index (χ4n) is 3.54. The van der Waals surface area contributed by atoms with Crippen LogP contribution in [0.3, 0.4) is 0 Å². The zero-order chi connectivity index (χ0) is 17.2. The molecule has 0 radical (unpaired) electrons. The number of fused-ring (bicyclic) bond motifs is 1. The summed E-state index contributed by atoms with van der Waals surface area (Å²) in [5.74, 6) is 0.298. The lowest BCUT2D eigenvalue weighted by molar-refractivity contribution is 0.0964. The van der Waals surface area contributed by atoms with Crippen LogP contribution in [0.1, 0.15) is 40.4 Å². The summed E-state index contributed by atoms with van der Waals surface area (Å²) in [6, 6.07) is 4.24. The summed E-state index contributed by atoms with van der Waals surface area (Å²) < 4.78 is 1.84. The molecule has 4 heterocycles. The molecule has 4 rings (SSSR count). The molecule has 130 valence electrons. The monoisotopic (exact) mass is 355 g/mol. The van der Waals surface area contributed by atoms with Gasteiger partial charge in [0.15, 0.2) is 5.65 Å². The molecule has 1 aliphatic rings. The molecule has 1 fully saturated rings. The SMILES string of the molecule is CNC(=O)c1cnn2c(C3CCN(Cc4ccsc4)CC3)ccnc12. The first-order valence-corrected chi connectivity index (χ1v) is 9.48. The number of amides is 1. The number of aromatic nitrogens is 3. The molecule has 0 unspecified atom stereocenters. The maximum absolute atomic E-state index is 12.0. The lowest BCUT2D eigenvalue weighted by atomic mass is 9.93. The third-order valence-electron chi connectivity index (χ3n) is 4.89. The van der Waals surface area contributed by atoms with Crippen molar-refractivity contribution in [3.63, 3.8) is 0 Å². The van der Waals surface area contributed by atoms with Crippen LogP contribution in [0.4, 0.5) is 0 Å². The maximum Gasteiger partial charge on any atom is 0.256 e. The molecule has 1 amide bonds. The largest absolute Gasteiger partial charge is 0.355 e. The molecule has 25 heavy (non-hydrogen) atoms. The van der Waals surface area contributed by atoms with Crippen molar-refractivity contribution in [1.29, 1.82) is 0 Å². The van der Waals surface area contributed by atoms with Gasteiger partial charge in [0.05, 0.1) is 6.20 Å². The van der Waals surface area contributed by atoms with Crippen molar-refractivity contribution < 1.29 is 4.79 Å². The van der Waals surface area contributed by atoms with Crippen LogP contribution in [0.25, 0.3) is 5.65 Å². The summed E-state index contributed by atoms with van der Waals surface area (Å²) in [5, 5.41) is 11.4. The summed E-state index contributed by atoms with van der Waals surface area (Å²) in [7, 11) is 1.62. The molecule has 3 aromatic rings. The Kier molecular flexibility index (Phi) is 4.50. The average molecular weight is 355 g/mol. The minimum absolute atomic E-state index is 0.148. The van der Waals surface area contributed by atoms with Gasteiger partial charge in [0.25, 0.3) is 5.91 Å². The molecule has 1 saturated heterocycles. The third-order valence-corrected chi connectivity index (χ3v) is 5.63. The minimum Gasteiger partial charge on any atom is -0.355 e. The first-order chi connectivity index (χ1) is 12.3. The quantitative estimate of drug-likeness (QED) is 0.781. The van der Waals surface area contributed by atoms with Gasteiger partial charge >= 0.3 is 0 Å². The fraction of sp³-hybridized carbons (Fsp3) is 0.389. The van der Waals surface area contributed by atoms with E-state index in [0.717, 1.165) is 38.2 Å². The van der Waals surface area contributed by atoms with E-state index < -0.39 is 0 Å². The number of piperidine rings is 1. The summed E-state index contributed by atoms with van der Waals surface area (Å²) >= 11 is 1.76. The topological polar surface area (TPSA) is 62.5 Å². The molecule has 0 bridgehead atoms. The van der Waals surface area contributed by atoms with Crippen molar-refractivity contribution in [2.24, 2.45) is 0 Å². The predicted molar refractivity (Wildman–Crippen MR) is 97.9 cm³/mol. The Balaban J connectivity index is 1.51. The van der Waals surface area contributed by atoms with Gasteiger partial charge in [0.2, 0.25) is 0 Å². The minimum atomic E-state index is -0.148. The van der Waals surface area contributed by atoms with Gasteiger partial charge in [-0.25, -0.2) is 9.50 Å². The molecule has 1 aliphatic heterocycles. The van der Waals surface area contributed by atoms with Gasteiger partial charge < -0.3 is 5.32 Å². The predicted octanol–water partition coefficient (Wildman–Crippen LogP) is 2.53. The van der Waals surface area contributed by atoms with Crippen molar-refractivity contribution in [3.05, 3.63) is 52.1 Å². The van der Waals surface area contributed by atoms with E-state index in [-0.39, 0.29) is 5.91 Å². The summed E-state index contributed by atoms with van der Waals surface area (Å²) in [4.78, 5) is 18.8. The first-order valence-electron chi connectivity index (χ1n) is 8.54. The lowest BCUT2D eigenvalue weighted by Gasteiger charge is -2.31. The fourth-order valence-corrected chi connectivity index (χ4v) is 4.20. The molecule has 0 aromatic carbocycles. The number of thiophene rings is 1. The van der Waals surface area contributed by atoms with Gasteiger partial charge in [-0.2, -0.15) is 16.4 Å². The van der Waals surface area contributed by atoms with Crippen LogP contribution in [-0.2, 0) is 6.54 Å². The normalized spacial score (nSPS) is 16.4. The highest BCUT2D eigenvalue weighted by atomic mass is 32.1. The highest BCUT2D eigenvalue weighted by molar-refractivity contribution is 7.07. The van der Waals surface area contributed by atoms with E-state index in [0.29, 0.717) is 17.1 Å². The van der Waals surface area contributed by atoms with E-state index in [2.05, 4.69) is 37.1 Å². The molecule has 3 aromatic heterocycles. The third kappa shape index (κ3) is 3.17. The van der Waals surface area contributed by atoms with Crippen molar-refractivity contribution in [2.75, 3.05) is 20.1 Å². The Labute approximate surface area is 150 Å². The molecule has 0 spiro atoms. The second-order valence-electron chi connectivity index (χ2n) is 6.42. The number of likely N-dealkylation sites (tertiary alicyclic amines) is 1. The number of hydrogen-bond acceptors (Lipinski definition) is 5. The molecule has 6 nitrogen and oxygen atoms in total. The highest BCUT2D eigenvalue weighted by Gasteiger charge is 2.24. The number of carbonyl (C=O) groups is 1. The van der Waals surface area contributed by atoms with Crippen LogP contribution in [0, 0.1) is 0 Å². The smallest absolute Gasteiger partial charge is 0.256 e. The van der Waals surface area contributed by atoms with Crippen LogP contribution >= 0.6 is 11.3 Å². The maximum atomic E-state index is 12.0. The van der Waals surface area contributed by atoms with Crippen molar-refractivity contribution >= 4 is 22.9 Å². The second-order valence-corrected chi connectivity index (χ2v) is 7.20. The Morgan fingerprint density at radius 3 is 2.92 bits per heavy atom. The Morgan fingerprint density at radius 2 is 2.20 bits per heavy atom. The van der Waals surface area contributed by atoms with Crippen molar-refractivity contribution in [1.82, 2.24) is 24.8 Å². The van der Waals surface area contributed by atoms with Crippen LogP contribution < -0.4 is 5.32 Å². The molecule has 0 atom stereocenters.